The summed E-state index contributed by atoms with van der Waals surface area (Å²) in [7, 11) is -1.32. The van der Waals surface area contributed by atoms with Crippen LogP contribution in [0.2, 0.25) is 0 Å². The van der Waals surface area contributed by atoms with Crippen LogP contribution in [0.5, 0.6) is 17.2 Å². The normalized spacial score (nSPS) is 11.2. The van der Waals surface area contributed by atoms with Crippen LogP contribution in [-0.2, 0) is 10.0 Å². The highest BCUT2D eigenvalue weighted by Crippen LogP contribution is 2.31. The zero-order valence-corrected chi connectivity index (χ0v) is 18.4. The molecule has 0 radical (unpaired) electrons. The molecule has 3 aromatic rings. The number of nitro groups is 1. The first-order valence-corrected chi connectivity index (χ1v) is 10.8. The van der Waals surface area contributed by atoms with E-state index in [0.717, 1.165) is 6.07 Å². The highest BCUT2D eigenvalue weighted by atomic mass is 32.2. The Morgan fingerprint density at radius 2 is 1.73 bits per heavy atom. The quantitative estimate of drug-likeness (QED) is 0.243. The molecule has 33 heavy (non-hydrogen) atoms. The van der Waals surface area contributed by atoms with Gasteiger partial charge in [-0.05, 0) is 48.0 Å². The molecule has 0 aliphatic rings. The number of nitrogens with zero attached hydrogens (tertiary/aromatic N) is 2. The fourth-order valence-corrected chi connectivity index (χ4v) is 3.91. The first-order chi connectivity index (χ1) is 15.7. The number of benzene rings is 3. The summed E-state index contributed by atoms with van der Waals surface area (Å²) in [5, 5.41) is 25.3. The summed E-state index contributed by atoms with van der Waals surface area (Å²) in [4.78, 5) is 10.5. The van der Waals surface area contributed by atoms with Crippen molar-refractivity contribution < 1.29 is 27.9 Å². The van der Waals surface area contributed by atoms with Crippen LogP contribution in [-0.4, -0.2) is 38.9 Å². The van der Waals surface area contributed by atoms with Crippen LogP contribution >= 0.6 is 0 Å². The molecule has 11 nitrogen and oxygen atoms in total. The first kappa shape index (κ1) is 23.3. The van der Waals surface area contributed by atoms with E-state index in [-0.39, 0.29) is 27.8 Å². The average molecular weight is 472 g/mol. The minimum atomic E-state index is -4.13. The van der Waals surface area contributed by atoms with Crippen LogP contribution in [0, 0.1) is 10.1 Å². The highest BCUT2D eigenvalue weighted by molar-refractivity contribution is 7.92. The molecule has 0 atom stereocenters. The van der Waals surface area contributed by atoms with Crippen LogP contribution in [0.1, 0.15) is 5.56 Å². The third-order valence-corrected chi connectivity index (χ3v) is 5.79. The number of nitrogens with one attached hydrogen (secondary N) is 2. The van der Waals surface area contributed by atoms with Crippen LogP contribution in [0.15, 0.2) is 70.7 Å². The van der Waals surface area contributed by atoms with Gasteiger partial charge in [-0.3, -0.25) is 20.3 Å². The van der Waals surface area contributed by atoms with Crippen molar-refractivity contribution in [1.29, 1.82) is 0 Å². The number of nitro benzene ring substituents is 1. The lowest BCUT2D eigenvalue weighted by molar-refractivity contribution is -0.384. The maximum absolute atomic E-state index is 12.8. The monoisotopic (exact) mass is 472 g/mol. The van der Waals surface area contributed by atoms with Crippen LogP contribution in [0.3, 0.4) is 0 Å². The number of methoxy groups -OCH3 is 2. The van der Waals surface area contributed by atoms with E-state index >= 15 is 0 Å². The molecule has 0 aromatic heterocycles. The lowest BCUT2D eigenvalue weighted by Gasteiger charge is -2.12. The van der Waals surface area contributed by atoms with Crippen molar-refractivity contribution in [3.63, 3.8) is 0 Å². The van der Waals surface area contributed by atoms with Crippen molar-refractivity contribution in [1.82, 2.24) is 0 Å². The van der Waals surface area contributed by atoms with Gasteiger partial charge in [0.1, 0.15) is 11.4 Å². The van der Waals surface area contributed by atoms with Crippen LogP contribution < -0.4 is 19.6 Å². The van der Waals surface area contributed by atoms with E-state index in [0.29, 0.717) is 11.3 Å². The van der Waals surface area contributed by atoms with Gasteiger partial charge in [-0.2, -0.15) is 5.10 Å². The summed E-state index contributed by atoms with van der Waals surface area (Å²) in [6.07, 6.45) is 1.33. The number of sulfonamides is 1. The largest absolute Gasteiger partial charge is 0.504 e. The van der Waals surface area contributed by atoms with Crippen molar-refractivity contribution in [2.45, 2.75) is 4.90 Å². The van der Waals surface area contributed by atoms with Gasteiger partial charge in [-0.25, -0.2) is 8.42 Å². The van der Waals surface area contributed by atoms with Crippen LogP contribution in [0.25, 0.3) is 0 Å². The predicted octanol–water partition coefficient (Wildman–Crippen LogP) is 3.56. The number of aromatic hydroxyl groups is 1. The van der Waals surface area contributed by atoms with Crippen molar-refractivity contribution in [3.05, 3.63) is 76.3 Å². The van der Waals surface area contributed by atoms with Gasteiger partial charge in [0.25, 0.3) is 15.7 Å². The molecular weight excluding hydrogens is 452 g/mol. The number of para-hydroxylation sites is 2. The van der Waals surface area contributed by atoms with Gasteiger partial charge in [-0.1, -0.05) is 12.1 Å². The number of ether oxygens (including phenoxy) is 2. The summed E-state index contributed by atoms with van der Waals surface area (Å²) in [5.41, 5.74) is 2.70. The number of phenolic OH excluding ortho intramolecular Hbond substituents is 1. The lowest BCUT2D eigenvalue weighted by Crippen LogP contribution is -2.14. The number of rotatable bonds is 9. The predicted molar refractivity (Wildman–Crippen MR) is 123 cm³/mol. The van der Waals surface area contributed by atoms with Crippen molar-refractivity contribution in [2.75, 3.05) is 24.4 Å². The maximum atomic E-state index is 12.8. The zero-order chi connectivity index (χ0) is 24.0. The summed E-state index contributed by atoms with van der Waals surface area (Å²) in [5.74, 6) is 0.492. The summed E-state index contributed by atoms with van der Waals surface area (Å²) < 4.78 is 38.0. The topological polar surface area (TPSA) is 152 Å². The molecule has 0 fully saturated rings. The van der Waals surface area contributed by atoms with E-state index in [1.165, 1.54) is 50.8 Å². The molecular formula is C21H20N4O7S. The molecule has 0 heterocycles. The Labute approximate surface area is 189 Å². The Bertz CT molecular complexity index is 1310. The Balaban J connectivity index is 1.84. The lowest BCUT2D eigenvalue weighted by atomic mass is 10.2. The van der Waals surface area contributed by atoms with E-state index in [2.05, 4.69) is 15.2 Å². The van der Waals surface area contributed by atoms with E-state index in [4.69, 9.17) is 9.47 Å². The second-order valence-electron chi connectivity index (χ2n) is 6.54. The molecule has 0 aliphatic heterocycles. The molecule has 3 N–H and O–H groups in total. The van der Waals surface area contributed by atoms with Crippen LogP contribution in [0.4, 0.5) is 17.1 Å². The third kappa shape index (κ3) is 5.49. The average Bonchev–Trinajstić information content (AvgIpc) is 2.79. The maximum Gasteiger partial charge on any atom is 0.295 e. The Morgan fingerprint density at radius 1 is 1.00 bits per heavy atom. The zero-order valence-electron chi connectivity index (χ0n) is 17.6. The molecule has 3 aromatic carbocycles. The molecule has 0 bridgehead atoms. The number of hydrazone groups is 1. The van der Waals surface area contributed by atoms with Gasteiger partial charge in [0.15, 0.2) is 11.5 Å². The molecule has 0 amide bonds. The van der Waals surface area contributed by atoms with E-state index in [1.807, 2.05) is 0 Å². The summed E-state index contributed by atoms with van der Waals surface area (Å²) in [6, 6.07) is 14.3. The summed E-state index contributed by atoms with van der Waals surface area (Å²) in [6.45, 7) is 0. The van der Waals surface area contributed by atoms with Gasteiger partial charge in [0, 0.05) is 6.07 Å². The molecule has 12 heteroatoms. The van der Waals surface area contributed by atoms with Crippen molar-refractivity contribution >= 4 is 33.3 Å². The SMILES string of the molecule is COc1ccc(/C=N\Nc2ccc(S(=O)(=O)Nc3ccccc3OC)cc2[N+](=O)[O-])cc1O. The molecule has 3 rings (SSSR count). The van der Waals surface area contributed by atoms with E-state index in [1.54, 1.807) is 24.3 Å². The molecule has 0 saturated heterocycles. The second-order valence-corrected chi connectivity index (χ2v) is 8.23. The molecule has 0 saturated carbocycles. The fraction of sp³-hybridized carbons (Fsp3) is 0.0952. The Morgan fingerprint density at radius 3 is 2.39 bits per heavy atom. The van der Waals surface area contributed by atoms with Crippen molar-refractivity contribution in [3.8, 4) is 17.2 Å². The molecule has 0 unspecified atom stereocenters. The minimum Gasteiger partial charge on any atom is -0.504 e. The van der Waals surface area contributed by atoms with Gasteiger partial charge in [-0.15, -0.1) is 0 Å². The van der Waals surface area contributed by atoms with E-state index < -0.39 is 20.6 Å². The smallest absolute Gasteiger partial charge is 0.295 e. The third-order valence-electron chi connectivity index (χ3n) is 4.43. The number of hydrogen-bond acceptors (Lipinski definition) is 9. The van der Waals surface area contributed by atoms with Crippen molar-refractivity contribution in [2.24, 2.45) is 5.10 Å². The second kappa shape index (κ2) is 9.87. The Kier molecular flexibility index (Phi) is 6.98. The van der Waals surface area contributed by atoms with Gasteiger partial charge < -0.3 is 14.6 Å². The van der Waals surface area contributed by atoms with E-state index in [9.17, 15) is 23.6 Å². The standard InChI is InChI=1S/C21H20N4O7S/c1-31-20-6-4-3-5-17(20)24-33(29,30)15-8-9-16(18(12-15)25(27)28)23-22-13-14-7-10-21(32-2)19(26)11-14/h3-13,23-24,26H,1-2H3/b22-13-. The molecule has 0 aliphatic carbocycles. The Hall–Kier alpha value is -4.32. The van der Waals surface area contributed by atoms with Gasteiger partial charge in [0.2, 0.25) is 0 Å². The fourth-order valence-electron chi connectivity index (χ4n) is 2.82. The number of hydrogen-bond donors (Lipinski definition) is 3. The first-order valence-electron chi connectivity index (χ1n) is 9.35. The molecule has 0 spiro atoms. The summed E-state index contributed by atoms with van der Waals surface area (Å²) >= 11 is 0. The van der Waals surface area contributed by atoms with Gasteiger partial charge in [0.05, 0.1) is 35.9 Å². The minimum absolute atomic E-state index is 0.0229. The highest BCUT2D eigenvalue weighted by Gasteiger charge is 2.22. The number of phenols is 1. The number of anilines is 2. The molecule has 172 valence electrons. The van der Waals surface area contributed by atoms with Gasteiger partial charge >= 0.3 is 0 Å².